The summed E-state index contributed by atoms with van der Waals surface area (Å²) in [6, 6.07) is 8.88. The smallest absolute Gasteiger partial charge is 0.228 e. The molecule has 24 heavy (non-hydrogen) atoms. The van der Waals surface area contributed by atoms with Crippen LogP contribution in [0.1, 0.15) is 0 Å². The van der Waals surface area contributed by atoms with Crippen LogP contribution < -0.4 is 9.64 Å². The second-order valence-electron chi connectivity index (χ2n) is 5.57. The number of anilines is 1. The van der Waals surface area contributed by atoms with Gasteiger partial charge in [-0.3, -0.25) is 0 Å². The number of halogens is 1. The Hall–Kier alpha value is -2.67. The van der Waals surface area contributed by atoms with Gasteiger partial charge in [0, 0.05) is 26.4 Å². The van der Waals surface area contributed by atoms with Crippen molar-refractivity contribution in [3.63, 3.8) is 0 Å². The van der Waals surface area contributed by atoms with E-state index in [1.165, 1.54) is 0 Å². The number of aliphatic hydroxyl groups is 1. The normalized spacial score (nSPS) is 12.3. The van der Waals surface area contributed by atoms with Crippen LogP contribution in [0.25, 0.3) is 22.6 Å². The average Bonchev–Trinajstić information content (AvgIpc) is 3.03. The van der Waals surface area contributed by atoms with Crippen molar-refractivity contribution in [2.75, 3.05) is 32.3 Å². The van der Waals surface area contributed by atoms with E-state index in [4.69, 9.17) is 9.15 Å². The predicted molar refractivity (Wildman–Crippen MR) is 89.0 cm³/mol. The molecule has 0 aliphatic heterocycles. The van der Waals surface area contributed by atoms with Gasteiger partial charge >= 0.3 is 0 Å². The van der Waals surface area contributed by atoms with E-state index >= 15 is 0 Å². The molecule has 7 heteroatoms. The van der Waals surface area contributed by atoms with Gasteiger partial charge in [0.1, 0.15) is 36.5 Å². The quantitative estimate of drug-likeness (QED) is 0.749. The van der Waals surface area contributed by atoms with E-state index in [2.05, 4.69) is 9.97 Å². The summed E-state index contributed by atoms with van der Waals surface area (Å²) >= 11 is 0. The Morgan fingerprint density at radius 3 is 2.79 bits per heavy atom. The zero-order valence-corrected chi connectivity index (χ0v) is 13.4. The molecule has 0 unspecified atom stereocenters. The van der Waals surface area contributed by atoms with Crippen LogP contribution >= 0.6 is 0 Å². The van der Waals surface area contributed by atoms with E-state index in [0.29, 0.717) is 22.7 Å². The third kappa shape index (κ3) is 3.46. The predicted octanol–water partition coefficient (Wildman–Crippen LogP) is 2.67. The number of oxazole rings is 1. The van der Waals surface area contributed by atoms with Gasteiger partial charge in [-0.25, -0.2) is 14.4 Å². The Morgan fingerprint density at radius 1 is 1.29 bits per heavy atom. The molecule has 0 aliphatic rings. The van der Waals surface area contributed by atoms with Gasteiger partial charge in [0.25, 0.3) is 0 Å². The van der Waals surface area contributed by atoms with E-state index < -0.39 is 12.8 Å². The maximum absolute atomic E-state index is 12.2. The van der Waals surface area contributed by atoms with E-state index in [1.807, 2.05) is 31.1 Å². The van der Waals surface area contributed by atoms with E-state index in [-0.39, 0.29) is 6.61 Å². The number of hydrogen-bond donors (Lipinski definition) is 1. The first-order valence-corrected chi connectivity index (χ1v) is 7.48. The number of nitrogens with zero attached hydrogens (tertiary/aromatic N) is 3. The molecule has 1 N–H and O–H groups in total. The summed E-state index contributed by atoms with van der Waals surface area (Å²) in [5.74, 6) is 1.80. The summed E-state index contributed by atoms with van der Waals surface area (Å²) in [7, 11) is 3.84. The maximum atomic E-state index is 12.2. The summed E-state index contributed by atoms with van der Waals surface area (Å²) in [6.07, 6.45) is 0.574. The molecule has 0 radical (unpaired) electrons. The molecule has 1 aromatic carbocycles. The summed E-state index contributed by atoms with van der Waals surface area (Å²) in [5.41, 5.74) is 2.00. The molecule has 0 saturated heterocycles. The number of pyridine rings is 1. The molecular weight excluding hydrogens is 313 g/mol. The summed E-state index contributed by atoms with van der Waals surface area (Å²) < 4.78 is 23.3. The zero-order chi connectivity index (χ0) is 17.1. The van der Waals surface area contributed by atoms with E-state index in [1.54, 1.807) is 24.4 Å². The van der Waals surface area contributed by atoms with Gasteiger partial charge in [-0.05, 0) is 24.3 Å². The molecule has 126 valence electrons. The molecule has 0 aliphatic carbocycles. The Labute approximate surface area is 138 Å². The molecule has 3 rings (SSSR count). The average molecular weight is 331 g/mol. The second-order valence-corrected chi connectivity index (χ2v) is 5.57. The fourth-order valence-corrected chi connectivity index (χ4v) is 2.13. The van der Waals surface area contributed by atoms with Crippen molar-refractivity contribution >= 4 is 16.9 Å². The van der Waals surface area contributed by atoms with Crippen molar-refractivity contribution in [1.82, 2.24) is 9.97 Å². The highest BCUT2D eigenvalue weighted by Gasteiger charge is 2.11. The zero-order valence-electron chi connectivity index (χ0n) is 13.4. The van der Waals surface area contributed by atoms with Crippen LogP contribution in [-0.4, -0.2) is 48.6 Å². The van der Waals surface area contributed by atoms with Crippen LogP contribution in [0.2, 0.25) is 0 Å². The van der Waals surface area contributed by atoms with Crippen LogP contribution in [-0.2, 0) is 0 Å². The van der Waals surface area contributed by atoms with Crippen molar-refractivity contribution in [3.05, 3.63) is 36.5 Å². The number of hydrogen-bond acceptors (Lipinski definition) is 6. The number of ether oxygens (including phenoxy) is 1. The number of benzene rings is 1. The molecule has 0 fully saturated rings. The van der Waals surface area contributed by atoms with Crippen molar-refractivity contribution in [2.24, 2.45) is 0 Å². The molecular formula is C17H18FN3O3. The van der Waals surface area contributed by atoms with Crippen LogP contribution in [0, 0.1) is 0 Å². The summed E-state index contributed by atoms with van der Waals surface area (Å²) in [5, 5.41) is 9.20. The molecule has 1 atom stereocenters. The summed E-state index contributed by atoms with van der Waals surface area (Å²) in [4.78, 5) is 10.7. The Morgan fingerprint density at radius 2 is 2.12 bits per heavy atom. The first kappa shape index (κ1) is 16.2. The molecule has 2 aromatic heterocycles. The van der Waals surface area contributed by atoms with Crippen LogP contribution in [0.5, 0.6) is 5.75 Å². The van der Waals surface area contributed by atoms with E-state index in [9.17, 15) is 9.50 Å². The maximum Gasteiger partial charge on any atom is 0.228 e. The lowest BCUT2D eigenvalue weighted by Gasteiger charge is -2.10. The lowest BCUT2D eigenvalue weighted by molar-refractivity contribution is 0.0842. The molecule has 2 heterocycles. The Bertz CT molecular complexity index is 818. The van der Waals surface area contributed by atoms with Gasteiger partial charge in [0.15, 0.2) is 5.58 Å². The lowest BCUT2D eigenvalue weighted by atomic mass is 10.3. The molecule has 0 bridgehead atoms. The van der Waals surface area contributed by atoms with Crippen molar-refractivity contribution in [1.29, 1.82) is 0 Å². The van der Waals surface area contributed by atoms with Crippen LogP contribution in [0.15, 0.2) is 40.9 Å². The highest BCUT2D eigenvalue weighted by atomic mass is 19.1. The Balaban J connectivity index is 1.83. The number of rotatable bonds is 6. The lowest BCUT2D eigenvalue weighted by Crippen LogP contribution is -2.19. The molecule has 0 amide bonds. The summed E-state index contributed by atoms with van der Waals surface area (Å²) in [6.45, 7) is -0.949. The fraction of sp³-hybridized carbons (Fsp3) is 0.294. The molecule has 0 saturated carbocycles. The van der Waals surface area contributed by atoms with Crippen LogP contribution in [0.3, 0.4) is 0 Å². The van der Waals surface area contributed by atoms with Gasteiger partial charge in [0.2, 0.25) is 5.89 Å². The molecule has 0 spiro atoms. The number of fused-ring (bicyclic) bond motifs is 1. The molecule has 3 aromatic rings. The van der Waals surface area contributed by atoms with Gasteiger partial charge in [-0.2, -0.15) is 0 Å². The minimum Gasteiger partial charge on any atom is -0.491 e. The SMILES string of the molecule is CN(C)c1ccc(-c2nc3cc(OC[C@@H](O)CF)ccc3o2)cn1. The second kappa shape index (κ2) is 6.84. The first-order valence-electron chi connectivity index (χ1n) is 7.48. The molecule has 6 nitrogen and oxygen atoms in total. The standard InChI is InChI=1S/C17H18FN3O3/c1-21(2)16-6-3-11(9-19-16)17-20-14-7-13(4-5-15(14)24-17)23-10-12(22)8-18/h3-7,9,12,22H,8,10H2,1-2H3/t12-/m0/s1. The minimum absolute atomic E-state index is 0.108. The van der Waals surface area contributed by atoms with Crippen molar-refractivity contribution < 1.29 is 18.7 Å². The van der Waals surface area contributed by atoms with Crippen LogP contribution in [0.4, 0.5) is 10.2 Å². The largest absolute Gasteiger partial charge is 0.491 e. The van der Waals surface area contributed by atoms with Gasteiger partial charge in [0.05, 0.1) is 5.56 Å². The van der Waals surface area contributed by atoms with Gasteiger partial charge in [-0.15, -0.1) is 0 Å². The minimum atomic E-state index is -1.13. The third-order valence-electron chi connectivity index (χ3n) is 3.43. The van der Waals surface area contributed by atoms with Gasteiger partial charge < -0.3 is 19.2 Å². The number of alkyl halides is 1. The van der Waals surface area contributed by atoms with Crippen molar-refractivity contribution in [2.45, 2.75) is 6.10 Å². The monoisotopic (exact) mass is 331 g/mol. The topological polar surface area (TPSA) is 71.6 Å². The highest BCUT2D eigenvalue weighted by molar-refractivity contribution is 5.77. The first-order chi connectivity index (χ1) is 11.6. The van der Waals surface area contributed by atoms with Crippen molar-refractivity contribution in [3.8, 4) is 17.2 Å². The third-order valence-corrected chi connectivity index (χ3v) is 3.43. The highest BCUT2D eigenvalue weighted by Crippen LogP contribution is 2.27. The number of aliphatic hydroxyl groups excluding tert-OH is 1. The van der Waals surface area contributed by atoms with E-state index in [0.717, 1.165) is 11.4 Å². The number of aromatic nitrogens is 2. The Kier molecular flexibility index (Phi) is 4.61. The van der Waals surface area contributed by atoms with Gasteiger partial charge in [-0.1, -0.05) is 0 Å². The fourth-order valence-electron chi connectivity index (χ4n) is 2.13.